The van der Waals surface area contributed by atoms with Crippen molar-refractivity contribution in [2.24, 2.45) is 10.9 Å². The molecule has 5 heteroatoms. The summed E-state index contributed by atoms with van der Waals surface area (Å²) in [7, 11) is 3.61. The minimum absolute atomic E-state index is 0.0852. The lowest BCUT2D eigenvalue weighted by Gasteiger charge is -2.40. The number of nitrogens with zero attached hydrogens (tertiary/aromatic N) is 2. The second-order valence-electron chi connectivity index (χ2n) is 7.72. The third-order valence-corrected chi connectivity index (χ3v) is 5.91. The van der Waals surface area contributed by atoms with Gasteiger partial charge >= 0.3 is 0 Å². The van der Waals surface area contributed by atoms with Gasteiger partial charge in [0.05, 0.1) is 7.11 Å². The van der Waals surface area contributed by atoms with Crippen molar-refractivity contribution in [2.75, 3.05) is 47.0 Å². The number of rotatable bonds is 4. The van der Waals surface area contributed by atoms with Crippen LogP contribution in [0.25, 0.3) is 0 Å². The van der Waals surface area contributed by atoms with Crippen LogP contribution in [-0.4, -0.2) is 57.9 Å². The molecule has 144 valence electrons. The summed E-state index contributed by atoms with van der Waals surface area (Å²) in [5, 5.41) is 3.69. The zero-order valence-electron chi connectivity index (χ0n) is 16.5. The summed E-state index contributed by atoms with van der Waals surface area (Å²) in [4.78, 5) is 6.97. The molecular weight excluding hydrogens is 326 g/mol. The summed E-state index contributed by atoms with van der Waals surface area (Å²) < 4.78 is 11.0. The highest BCUT2D eigenvalue weighted by Crippen LogP contribution is 2.35. The van der Waals surface area contributed by atoms with E-state index in [-0.39, 0.29) is 5.41 Å². The molecule has 5 nitrogen and oxygen atoms in total. The molecule has 0 amide bonds. The van der Waals surface area contributed by atoms with Gasteiger partial charge in [-0.15, -0.1) is 0 Å². The van der Waals surface area contributed by atoms with Crippen molar-refractivity contribution in [3.8, 4) is 5.75 Å². The third-order valence-electron chi connectivity index (χ3n) is 5.91. The molecule has 0 radical (unpaired) electrons. The summed E-state index contributed by atoms with van der Waals surface area (Å²) in [6, 6.07) is 8.54. The van der Waals surface area contributed by atoms with Gasteiger partial charge < -0.3 is 19.7 Å². The standard InChI is InChI=1S/C21H33N3O2/c1-17-5-4-12-24(15-17)20(22-2)23-16-21(10-13-26-14-11-21)18-6-8-19(25-3)9-7-18/h6-9,17H,4-5,10-16H2,1-3H3,(H,22,23). The number of piperidine rings is 1. The molecule has 1 aromatic rings. The molecule has 0 bridgehead atoms. The van der Waals surface area contributed by atoms with Gasteiger partial charge in [-0.05, 0) is 49.3 Å². The predicted molar refractivity (Wildman–Crippen MR) is 106 cm³/mol. The molecule has 3 rings (SSSR count). The highest BCUT2D eigenvalue weighted by Gasteiger charge is 2.35. The molecule has 0 aromatic heterocycles. The zero-order chi connectivity index (χ0) is 18.4. The number of ether oxygens (including phenoxy) is 2. The number of aliphatic imine (C=N–C) groups is 1. The first-order valence-corrected chi connectivity index (χ1v) is 9.85. The van der Waals surface area contributed by atoms with Crippen LogP contribution in [-0.2, 0) is 10.2 Å². The maximum atomic E-state index is 5.66. The summed E-state index contributed by atoms with van der Waals surface area (Å²) in [5.41, 5.74) is 1.44. The maximum absolute atomic E-state index is 5.66. The second kappa shape index (κ2) is 8.76. The first-order valence-electron chi connectivity index (χ1n) is 9.85. The van der Waals surface area contributed by atoms with Crippen LogP contribution in [0.1, 0.15) is 38.2 Å². The fourth-order valence-corrected chi connectivity index (χ4v) is 4.24. The summed E-state index contributed by atoms with van der Waals surface area (Å²) in [6.45, 7) is 7.04. The van der Waals surface area contributed by atoms with Crippen LogP contribution in [0.4, 0.5) is 0 Å². The van der Waals surface area contributed by atoms with Crippen molar-refractivity contribution in [3.05, 3.63) is 29.8 Å². The topological polar surface area (TPSA) is 46.1 Å². The van der Waals surface area contributed by atoms with Crippen LogP contribution in [0.15, 0.2) is 29.3 Å². The predicted octanol–water partition coefficient (Wildman–Crippen LogP) is 3.05. The number of likely N-dealkylation sites (tertiary alicyclic amines) is 1. The molecule has 2 heterocycles. The number of nitrogens with one attached hydrogen (secondary N) is 1. The molecule has 2 fully saturated rings. The van der Waals surface area contributed by atoms with Crippen LogP contribution in [0.3, 0.4) is 0 Å². The highest BCUT2D eigenvalue weighted by atomic mass is 16.5. The molecule has 1 atom stereocenters. The van der Waals surface area contributed by atoms with Crippen LogP contribution in [0, 0.1) is 5.92 Å². The van der Waals surface area contributed by atoms with Gasteiger partial charge in [-0.1, -0.05) is 19.1 Å². The van der Waals surface area contributed by atoms with E-state index in [0.29, 0.717) is 0 Å². The van der Waals surface area contributed by atoms with E-state index >= 15 is 0 Å². The molecule has 1 N–H and O–H groups in total. The Morgan fingerprint density at radius 2 is 2.04 bits per heavy atom. The largest absolute Gasteiger partial charge is 0.497 e. The lowest BCUT2D eigenvalue weighted by molar-refractivity contribution is 0.0510. The van der Waals surface area contributed by atoms with Crippen LogP contribution in [0.2, 0.25) is 0 Å². The van der Waals surface area contributed by atoms with Crippen molar-refractivity contribution < 1.29 is 9.47 Å². The van der Waals surface area contributed by atoms with Gasteiger partial charge in [0.2, 0.25) is 0 Å². The minimum atomic E-state index is 0.0852. The van der Waals surface area contributed by atoms with E-state index in [1.54, 1.807) is 7.11 Å². The lowest BCUT2D eigenvalue weighted by Crippen LogP contribution is -2.51. The van der Waals surface area contributed by atoms with Crippen molar-refractivity contribution >= 4 is 5.96 Å². The normalized spacial score (nSPS) is 23.6. The third kappa shape index (κ3) is 4.32. The Morgan fingerprint density at radius 3 is 2.65 bits per heavy atom. The van der Waals surface area contributed by atoms with Crippen molar-refractivity contribution in [3.63, 3.8) is 0 Å². The van der Waals surface area contributed by atoms with Crippen molar-refractivity contribution in [1.29, 1.82) is 0 Å². The monoisotopic (exact) mass is 359 g/mol. The highest BCUT2D eigenvalue weighted by molar-refractivity contribution is 5.80. The van der Waals surface area contributed by atoms with Crippen LogP contribution >= 0.6 is 0 Å². The molecule has 2 aliphatic rings. The van der Waals surface area contributed by atoms with Gasteiger partial charge in [0, 0.05) is 45.3 Å². The van der Waals surface area contributed by atoms with Gasteiger partial charge in [-0.3, -0.25) is 4.99 Å². The average molecular weight is 360 g/mol. The second-order valence-corrected chi connectivity index (χ2v) is 7.72. The van der Waals surface area contributed by atoms with Crippen LogP contribution in [0.5, 0.6) is 5.75 Å². The average Bonchev–Trinajstić information content (AvgIpc) is 2.69. The molecule has 1 aromatic carbocycles. The summed E-state index contributed by atoms with van der Waals surface area (Å²) in [5.74, 6) is 2.68. The fraction of sp³-hybridized carbons (Fsp3) is 0.667. The van der Waals surface area contributed by atoms with Gasteiger partial charge in [-0.2, -0.15) is 0 Å². The van der Waals surface area contributed by atoms with Gasteiger partial charge in [-0.25, -0.2) is 0 Å². The molecule has 0 saturated carbocycles. The Kier molecular flexibility index (Phi) is 6.41. The number of guanidine groups is 1. The van der Waals surface area contributed by atoms with Gasteiger partial charge in [0.1, 0.15) is 5.75 Å². The Bertz CT molecular complexity index is 594. The minimum Gasteiger partial charge on any atom is -0.497 e. The number of hydrogen-bond donors (Lipinski definition) is 1. The smallest absolute Gasteiger partial charge is 0.193 e. The molecule has 2 aliphatic heterocycles. The van der Waals surface area contributed by atoms with E-state index in [1.165, 1.54) is 18.4 Å². The molecular formula is C21H33N3O2. The first kappa shape index (κ1) is 19.0. The molecule has 0 aliphatic carbocycles. The van der Waals surface area contributed by atoms with E-state index in [1.807, 2.05) is 7.05 Å². The Hall–Kier alpha value is -1.75. The molecule has 0 spiro atoms. The fourth-order valence-electron chi connectivity index (χ4n) is 4.24. The van der Waals surface area contributed by atoms with E-state index in [9.17, 15) is 0 Å². The lowest BCUT2D eigenvalue weighted by atomic mass is 9.74. The Balaban J connectivity index is 1.73. The quantitative estimate of drug-likeness (QED) is 0.663. The van der Waals surface area contributed by atoms with E-state index in [2.05, 4.69) is 46.4 Å². The van der Waals surface area contributed by atoms with E-state index in [4.69, 9.17) is 9.47 Å². The number of methoxy groups -OCH3 is 1. The number of hydrogen-bond acceptors (Lipinski definition) is 3. The first-order chi connectivity index (χ1) is 12.7. The Morgan fingerprint density at radius 1 is 1.31 bits per heavy atom. The van der Waals surface area contributed by atoms with E-state index < -0.39 is 0 Å². The van der Waals surface area contributed by atoms with E-state index in [0.717, 1.165) is 63.3 Å². The van der Waals surface area contributed by atoms with Crippen LogP contribution < -0.4 is 10.1 Å². The zero-order valence-corrected chi connectivity index (χ0v) is 16.5. The van der Waals surface area contributed by atoms with Gasteiger partial charge in [0.15, 0.2) is 5.96 Å². The summed E-state index contributed by atoms with van der Waals surface area (Å²) >= 11 is 0. The maximum Gasteiger partial charge on any atom is 0.193 e. The molecule has 2 saturated heterocycles. The van der Waals surface area contributed by atoms with Gasteiger partial charge in [0.25, 0.3) is 0 Å². The van der Waals surface area contributed by atoms with Crippen molar-refractivity contribution in [2.45, 2.75) is 38.0 Å². The molecule has 1 unspecified atom stereocenters. The van der Waals surface area contributed by atoms with Crippen molar-refractivity contribution in [1.82, 2.24) is 10.2 Å². The summed E-state index contributed by atoms with van der Waals surface area (Å²) in [6.07, 6.45) is 4.62. The number of benzene rings is 1. The Labute approximate surface area is 157 Å². The SMILES string of the molecule is CN=C(NCC1(c2ccc(OC)cc2)CCOCC1)N1CCCC(C)C1. The molecule has 26 heavy (non-hydrogen) atoms.